The van der Waals surface area contributed by atoms with Gasteiger partial charge < -0.3 is 5.73 Å². The molecule has 2 aromatic carbocycles. The van der Waals surface area contributed by atoms with Crippen molar-refractivity contribution in [2.24, 2.45) is 7.05 Å². The number of hydrogen-bond acceptors (Lipinski definition) is 4. The second-order valence-corrected chi connectivity index (χ2v) is 6.95. The molecule has 0 aliphatic carbocycles. The zero-order valence-corrected chi connectivity index (χ0v) is 16.1. The zero-order valence-electron chi connectivity index (χ0n) is 16.1. The van der Waals surface area contributed by atoms with Crippen molar-refractivity contribution in [3.05, 3.63) is 83.9 Å². The summed E-state index contributed by atoms with van der Waals surface area (Å²) in [6, 6.07) is 18.7. The summed E-state index contributed by atoms with van der Waals surface area (Å²) in [5, 5.41) is 4.26. The van der Waals surface area contributed by atoms with Crippen molar-refractivity contribution >= 4 is 5.82 Å². The van der Waals surface area contributed by atoms with Gasteiger partial charge in [-0.05, 0) is 30.9 Å². The van der Waals surface area contributed by atoms with E-state index in [-0.39, 0.29) is 0 Å². The summed E-state index contributed by atoms with van der Waals surface area (Å²) in [5.41, 5.74) is 12.8. The number of benzene rings is 2. The molecule has 5 nitrogen and oxygen atoms in total. The van der Waals surface area contributed by atoms with E-state index in [1.807, 2.05) is 49.2 Å². The Morgan fingerprint density at radius 3 is 2.43 bits per heavy atom. The van der Waals surface area contributed by atoms with Gasteiger partial charge in [0, 0.05) is 29.9 Å². The number of anilines is 1. The number of nitrogens with zero attached hydrogens (tertiary/aromatic N) is 4. The molecule has 2 aromatic heterocycles. The summed E-state index contributed by atoms with van der Waals surface area (Å²) in [5.74, 6) is 1.26. The third kappa shape index (κ3) is 3.78. The number of hydrogen-bond donors (Lipinski definition) is 1. The average Bonchev–Trinajstić information content (AvgIpc) is 3.14. The minimum atomic E-state index is 0.565. The lowest BCUT2D eigenvalue weighted by Crippen LogP contribution is -2.06. The molecule has 0 amide bonds. The van der Waals surface area contributed by atoms with E-state index < -0.39 is 0 Å². The molecular weight excluding hydrogens is 346 g/mol. The molecule has 4 rings (SSSR count). The highest BCUT2D eigenvalue weighted by atomic mass is 15.2. The Morgan fingerprint density at radius 2 is 1.68 bits per heavy atom. The van der Waals surface area contributed by atoms with E-state index in [1.165, 1.54) is 11.1 Å². The van der Waals surface area contributed by atoms with Crippen LogP contribution in [0.5, 0.6) is 0 Å². The Bertz CT molecular complexity index is 1100. The molecule has 0 atom stereocenters. The van der Waals surface area contributed by atoms with Gasteiger partial charge in [0.2, 0.25) is 0 Å². The molecule has 140 valence electrons. The lowest BCUT2D eigenvalue weighted by Gasteiger charge is -2.13. The van der Waals surface area contributed by atoms with Gasteiger partial charge in [0.05, 0.1) is 11.9 Å². The molecule has 0 saturated carbocycles. The van der Waals surface area contributed by atoms with Crippen LogP contribution in [-0.4, -0.2) is 19.7 Å². The van der Waals surface area contributed by atoms with Crippen LogP contribution in [0.2, 0.25) is 0 Å². The summed E-state index contributed by atoms with van der Waals surface area (Å²) in [4.78, 5) is 9.08. The Labute approximate surface area is 164 Å². The Balaban J connectivity index is 1.62. The van der Waals surface area contributed by atoms with Crippen LogP contribution >= 0.6 is 0 Å². The molecule has 0 fully saturated rings. The summed E-state index contributed by atoms with van der Waals surface area (Å²) >= 11 is 0. The van der Waals surface area contributed by atoms with Gasteiger partial charge in [0.15, 0.2) is 0 Å². The third-order valence-electron chi connectivity index (χ3n) is 4.83. The predicted octanol–water partition coefficient (Wildman–Crippen LogP) is 4.22. The van der Waals surface area contributed by atoms with Gasteiger partial charge in [-0.1, -0.05) is 54.6 Å². The van der Waals surface area contributed by atoms with E-state index in [1.54, 1.807) is 0 Å². The molecule has 0 unspecified atom stereocenters. The average molecular weight is 369 g/mol. The zero-order chi connectivity index (χ0) is 19.5. The van der Waals surface area contributed by atoms with Crippen LogP contribution in [-0.2, 0) is 19.9 Å². The fourth-order valence-electron chi connectivity index (χ4n) is 3.44. The summed E-state index contributed by atoms with van der Waals surface area (Å²) in [7, 11) is 1.93. The van der Waals surface area contributed by atoms with Gasteiger partial charge >= 0.3 is 0 Å². The fourth-order valence-corrected chi connectivity index (χ4v) is 3.44. The molecule has 0 saturated heterocycles. The molecule has 0 bridgehead atoms. The van der Waals surface area contributed by atoms with Gasteiger partial charge in [0.25, 0.3) is 0 Å². The van der Waals surface area contributed by atoms with Crippen molar-refractivity contribution in [3.63, 3.8) is 0 Å². The fraction of sp³-hybridized carbons (Fsp3) is 0.174. The van der Waals surface area contributed by atoms with E-state index in [0.29, 0.717) is 11.6 Å². The molecular formula is C23H23N5. The summed E-state index contributed by atoms with van der Waals surface area (Å²) in [6.45, 7) is 1.88. The predicted molar refractivity (Wildman–Crippen MR) is 113 cm³/mol. The number of aryl methyl sites for hydroxylation is 3. The third-order valence-corrected chi connectivity index (χ3v) is 4.83. The van der Waals surface area contributed by atoms with Gasteiger partial charge in [0.1, 0.15) is 11.6 Å². The van der Waals surface area contributed by atoms with Crippen LogP contribution in [0.1, 0.15) is 17.0 Å². The first kappa shape index (κ1) is 17.9. The lowest BCUT2D eigenvalue weighted by atomic mass is 9.98. The normalized spacial score (nSPS) is 10.9. The van der Waals surface area contributed by atoms with Crippen LogP contribution in [0.15, 0.2) is 67.0 Å². The first-order valence-corrected chi connectivity index (χ1v) is 9.36. The number of nitrogens with two attached hydrogens (primary N) is 1. The van der Waals surface area contributed by atoms with Crippen molar-refractivity contribution in [3.8, 4) is 22.4 Å². The van der Waals surface area contributed by atoms with Crippen molar-refractivity contribution in [1.29, 1.82) is 0 Å². The molecule has 28 heavy (non-hydrogen) atoms. The van der Waals surface area contributed by atoms with Gasteiger partial charge in [-0.15, -0.1) is 0 Å². The number of rotatable bonds is 5. The molecule has 2 heterocycles. The maximum Gasteiger partial charge on any atom is 0.130 e. The Morgan fingerprint density at radius 1 is 0.893 bits per heavy atom. The summed E-state index contributed by atoms with van der Waals surface area (Å²) in [6.07, 6.45) is 5.56. The highest BCUT2D eigenvalue weighted by Crippen LogP contribution is 2.27. The van der Waals surface area contributed by atoms with Crippen molar-refractivity contribution in [2.75, 3.05) is 5.73 Å². The minimum absolute atomic E-state index is 0.565. The van der Waals surface area contributed by atoms with E-state index >= 15 is 0 Å². The van der Waals surface area contributed by atoms with E-state index in [9.17, 15) is 0 Å². The topological polar surface area (TPSA) is 69.6 Å². The first-order chi connectivity index (χ1) is 13.6. The van der Waals surface area contributed by atoms with Crippen LogP contribution < -0.4 is 5.73 Å². The smallest absolute Gasteiger partial charge is 0.130 e. The Kier molecular flexibility index (Phi) is 4.89. The molecule has 0 aliphatic heterocycles. The maximum atomic E-state index is 6.29. The highest BCUT2D eigenvalue weighted by molar-refractivity contribution is 5.68. The van der Waals surface area contributed by atoms with Crippen LogP contribution in [0.25, 0.3) is 22.4 Å². The largest absolute Gasteiger partial charge is 0.383 e. The van der Waals surface area contributed by atoms with Crippen molar-refractivity contribution < 1.29 is 0 Å². The van der Waals surface area contributed by atoms with Crippen molar-refractivity contribution in [2.45, 2.75) is 19.8 Å². The monoisotopic (exact) mass is 369 g/mol. The molecule has 0 spiro atoms. The quantitative estimate of drug-likeness (QED) is 0.572. The van der Waals surface area contributed by atoms with Crippen molar-refractivity contribution in [1.82, 2.24) is 19.7 Å². The molecule has 4 aromatic rings. The Hall–Kier alpha value is -3.47. The lowest BCUT2D eigenvalue weighted by molar-refractivity contribution is 0.768. The maximum absolute atomic E-state index is 6.29. The second kappa shape index (κ2) is 7.64. The van der Waals surface area contributed by atoms with E-state index in [2.05, 4.69) is 51.5 Å². The molecule has 5 heteroatoms. The van der Waals surface area contributed by atoms with Crippen LogP contribution in [0.4, 0.5) is 5.82 Å². The van der Waals surface area contributed by atoms with E-state index in [0.717, 1.165) is 35.2 Å². The van der Waals surface area contributed by atoms with E-state index in [4.69, 9.17) is 5.73 Å². The SMILES string of the molecule is Cc1nc(N)c(CCc2cccc(-c3cnn(C)c3)c2)c(-c2ccccc2)n1. The van der Waals surface area contributed by atoms with Crippen LogP contribution in [0, 0.1) is 6.92 Å². The molecule has 0 aliphatic rings. The number of nitrogen functional groups attached to an aromatic ring is 1. The summed E-state index contributed by atoms with van der Waals surface area (Å²) < 4.78 is 1.82. The molecule has 0 radical (unpaired) electrons. The van der Waals surface area contributed by atoms with Gasteiger partial charge in [-0.3, -0.25) is 4.68 Å². The minimum Gasteiger partial charge on any atom is -0.383 e. The van der Waals surface area contributed by atoms with Gasteiger partial charge in [-0.25, -0.2) is 9.97 Å². The first-order valence-electron chi connectivity index (χ1n) is 9.36. The van der Waals surface area contributed by atoms with Crippen LogP contribution in [0.3, 0.4) is 0 Å². The molecule has 2 N–H and O–H groups in total. The van der Waals surface area contributed by atoms with Gasteiger partial charge in [-0.2, -0.15) is 5.10 Å². The second-order valence-electron chi connectivity index (χ2n) is 6.95. The standard InChI is InChI=1S/C23H23N5/c1-16-26-22(18-8-4-3-5-9-18)21(23(24)27-16)12-11-17-7-6-10-19(13-17)20-14-25-28(2)15-20/h3-10,13-15H,11-12H2,1-2H3,(H2,24,26,27). The highest BCUT2D eigenvalue weighted by Gasteiger charge is 2.13. The number of aromatic nitrogens is 4.